The Kier molecular flexibility index (Phi) is 2.85. The van der Waals surface area contributed by atoms with E-state index in [1.165, 1.54) is 22.2 Å². The molecule has 2 rings (SSSR count). The van der Waals surface area contributed by atoms with Crippen LogP contribution in [0.2, 0.25) is 0 Å². The second-order valence-corrected chi connectivity index (χ2v) is 4.88. The number of fused-ring (bicyclic) bond motifs is 1. The Morgan fingerprint density at radius 1 is 1.27 bits per heavy atom. The molecule has 0 amide bonds. The van der Waals surface area contributed by atoms with E-state index < -0.39 is 0 Å². The highest BCUT2D eigenvalue weighted by Gasteiger charge is 2.17. The average molecular weight is 267 g/mol. The molecule has 3 heteroatoms. The zero-order chi connectivity index (χ0) is 11.0. The van der Waals surface area contributed by atoms with Gasteiger partial charge in [0.1, 0.15) is 0 Å². The van der Waals surface area contributed by atoms with E-state index in [4.69, 9.17) is 0 Å². The number of nitrogens with zero attached hydrogens (tertiary/aromatic N) is 1. The Morgan fingerprint density at radius 2 is 1.93 bits per heavy atom. The van der Waals surface area contributed by atoms with Crippen LogP contribution in [-0.2, 0) is 0 Å². The lowest BCUT2D eigenvalue weighted by Crippen LogP contribution is -2.14. The van der Waals surface area contributed by atoms with Gasteiger partial charge in [-0.1, -0.05) is 34.1 Å². The van der Waals surface area contributed by atoms with Crippen LogP contribution in [-0.4, -0.2) is 24.0 Å². The molecule has 0 fully saturated rings. The maximum absolute atomic E-state index is 3.71. The van der Waals surface area contributed by atoms with Crippen molar-refractivity contribution < 1.29 is 0 Å². The van der Waals surface area contributed by atoms with Crippen LogP contribution in [0.15, 0.2) is 24.3 Å². The van der Waals surface area contributed by atoms with E-state index in [0.717, 1.165) is 0 Å². The Labute approximate surface area is 98.4 Å². The number of H-pyrrole nitrogens is 1. The van der Waals surface area contributed by atoms with Gasteiger partial charge in [-0.25, -0.2) is 0 Å². The molecule has 0 aliphatic rings. The SMILES string of the molecule is Cc1[nH]c2ccccc2c1C(Br)N(C)C. The number of rotatable bonds is 2. The Bertz CT molecular complexity index is 473. The van der Waals surface area contributed by atoms with Crippen LogP contribution in [0.25, 0.3) is 10.9 Å². The number of para-hydroxylation sites is 1. The fraction of sp³-hybridized carbons (Fsp3) is 0.333. The van der Waals surface area contributed by atoms with Crippen LogP contribution in [0.3, 0.4) is 0 Å². The molecule has 2 nitrogen and oxygen atoms in total. The van der Waals surface area contributed by atoms with Gasteiger partial charge in [0, 0.05) is 22.2 Å². The monoisotopic (exact) mass is 266 g/mol. The zero-order valence-electron chi connectivity index (χ0n) is 9.21. The van der Waals surface area contributed by atoms with E-state index in [1.54, 1.807) is 0 Å². The second kappa shape index (κ2) is 3.99. The van der Waals surface area contributed by atoms with Crippen LogP contribution in [0, 0.1) is 6.92 Å². The molecule has 1 N–H and O–H groups in total. The summed E-state index contributed by atoms with van der Waals surface area (Å²) in [6.45, 7) is 2.12. The van der Waals surface area contributed by atoms with Gasteiger partial charge in [0.2, 0.25) is 0 Å². The molecule has 1 unspecified atom stereocenters. The van der Waals surface area contributed by atoms with Gasteiger partial charge in [-0.05, 0) is 27.1 Å². The molecule has 0 radical (unpaired) electrons. The summed E-state index contributed by atoms with van der Waals surface area (Å²) in [6, 6.07) is 8.41. The lowest BCUT2D eigenvalue weighted by Gasteiger charge is -2.18. The molecule has 1 atom stereocenters. The highest BCUT2D eigenvalue weighted by molar-refractivity contribution is 9.09. The molecular weight excluding hydrogens is 252 g/mol. The highest BCUT2D eigenvalue weighted by Crippen LogP contribution is 2.33. The number of aromatic amines is 1. The summed E-state index contributed by atoms with van der Waals surface area (Å²) < 4.78 is 0. The molecular formula is C12H15BrN2. The number of halogens is 1. The molecule has 0 bridgehead atoms. The number of benzene rings is 1. The smallest absolute Gasteiger partial charge is 0.0930 e. The largest absolute Gasteiger partial charge is 0.358 e. The van der Waals surface area contributed by atoms with E-state index in [9.17, 15) is 0 Å². The van der Waals surface area contributed by atoms with E-state index >= 15 is 0 Å². The van der Waals surface area contributed by atoms with Crippen LogP contribution in [0.5, 0.6) is 0 Å². The maximum atomic E-state index is 3.71. The first-order chi connectivity index (χ1) is 7.11. The van der Waals surface area contributed by atoms with Gasteiger partial charge in [-0.3, -0.25) is 4.90 Å². The summed E-state index contributed by atoms with van der Waals surface area (Å²) >= 11 is 3.71. The van der Waals surface area contributed by atoms with E-state index in [0.29, 0.717) is 0 Å². The first-order valence-electron chi connectivity index (χ1n) is 4.99. The highest BCUT2D eigenvalue weighted by atomic mass is 79.9. The van der Waals surface area contributed by atoms with Crippen molar-refractivity contribution in [3.63, 3.8) is 0 Å². The lowest BCUT2D eigenvalue weighted by molar-refractivity contribution is 0.398. The number of alkyl halides is 1. The lowest BCUT2D eigenvalue weighted by atomic mass is 10.1. The fourth-order valence-electron chi connectivity index (χ4n) is 1.86. The van der Waals surface area contributed by atoms with Gasteiger partial charge < -0.3 is 4.98 Å². The molecule has 1 heterocycles. The molecule has 15 heavy (non-hydrogen) atoms. The number of aryl methyl sites for hydroxylation is 1. The van der Waals surface area contributed by atoms with E-state index in [1.807, 2.05) is 0 Å². The van der Waals surface area contributed by atoms with Crippen molar-refractivity contribution in [1.29, 1.82) is 0 Å². The number of nitrogens with one attached hydrogen (secondary N) is 1. The number of hydrogen-bond acceptors (Lipinski definition) is 1. The Balaban J connectivity index is 2.63. The second-order valence-electron chi connectivity index (χ2n) is 4.01. The Morgan fingerprint density at radius 3 is 2.60 bits per heavy atom. The van der Waals surface area contributed by atoms with Crippen molar-refractivity contribution in [2.45, 2.75) is 11.9 Å². The third-order valence-electron chi connectivity index (χ3n) is 2.63. The van der Waals surface area contributed by atoms with Crippen molar-refractivity contribution in [3.05, 3.63) is 35.5 Å². The first-order valence-corrected chi connectivity index (χ1v) is 5.90. The van der Waals surface area contributed by atoms with E-state index in [2.05, 4.69) is 71.1 Å². The van der Waals surface area contributed by atoms with Crippen LogP contribution in [0.1, 0.15) is 16.2 Å². The summed E-state index contributed by atoms with van der Waals surface area (Å²) in [7, 11) is 4.14. The number of aromatic nitrogens is 1. The van der Waals surface area contributed by atoms with Crippen molar-refractivity contribution in [1.82, 2.24) is 9.88 Å². The van der Waals surface area contributed by atoms with Crippen LogP contribution >= 0.6 is 15.9 Å². The van der Waals surface area contributed by atoms with Crippen molar-refractivity contribution in [2.24, 2.45) is 0 Å². The molecule has 0 saturated carbocycles. The van der Waals surface area contributed by atoms with Crippen molar-refractivity contribution >= 4 is 26.8 Å². The molecule has 1 aromatic heterocycles. The molecule has 2 aromatic rings. The van der Waals surface area contributed by atoms with Gasteiger partial charge in [0.15, 0.2) is 0 Å². The normalized spacial score (nSPS) is 13.7. The van der Waals surface area contributed by atoms with Crippen molar-refractivity contribution in [2.75, 3.05) is 14.1 Å². The first kappa shape index (κ1) is 10.7. The third kappa shape index (κ3) is 1.82. The van der Waals surface area contributed by atoms with E-state index in [-0.39, 0.29) is 4.95 Å². The van der Waals surface area contributed by atoms with Gasteiger partial charge in [-0.15, -0.1) is 0 Å². The molecule has 80 valence electrons. The molecule has 0 aliphatic heterocycles. The zero-order valence-corrected chi connectivity index (χ0v) is 10.8. The minimum Gasteiger partial charge on any atom is -0.358 e. The maximum Gasteiger partial charge on any atom is 0.0930 e. The minimum absolute atomic E-state index is 0.258. The predicted octanol–water partition coefficient (Wildman–Crippen LogP) is 3.43. The predicted molar refractivity (Wildman–Crippen MR) is 68.4 cm³/mol. The van der Waals surface area contributed by atoms with Crippen molar-refractivity contribution in [3.8, 4) is 0 Å². The topological polar surface area (TPSA) is 19.0 Å². The summed E-state index contributed by atoms with van der Waals surface area (Å²) in [6.07, 6.45) is 0. The summed E-state index contributed by atoms with van der Waals surface area (Å²) in [5.41, 5.74) is 3.76. The fourth-order valence-corrected chi connectivity index (χ4v) is 2.45. The molecule has 0 saturated heterocycles. The molecule has 1 aromatic carbocycles. The third-order valence-corrected chi connectivity index (χ3v) is 3.91. The Hall–Kier alpha value is -0.800. The van der Waals surface area contributed by atoms with Crippen LogP contribution < -0.4 is 0 Å². The van der Waals surface area contributed by atoms with Gasteiger partial charge in [0.05, 0.1) is 4.95 Å². The standard InChI is InChI=1S/C12H15BrN2/c1-8-11(12(13)15(2)3)9-6-4-5-7-10(9)14-8/h4-7,12,14H,1-3H3. The average Bonchev–Trinajstić information content (AvgIpc) is 2.52. The summed E-state index contributed by atoms with van der Waals surface area (Å²) in [5, 5.41) is 1.30. The quantitative estimate of drug-likeness (QED) is 0.652. The van der Waals surface area contributed by atoms with Gasteiger partial charge in [0.25, 0.3) is 0 Å². The summed E-state index contributed by atoms with van der Waals surface area (Å²) in [4.78, 5) is 5.82. The molecule has 0 aliphatic carbocycles. The van der Waals surface area contributed by atoms with Crippen LogP contribution in [0.4, 0.5) is 0 Å². The molecule has 0 spiro atoms. The summed E-state index contributed by atoms with van der Waals surface area (Å²) in [5.74, 6) is 0. The minimum atomic E-state index is 0.258. The van der Waals surface area contributed by atoms with Gasteiger partial charge >= 0.3 is 0 Å². The number of hydrogen-bond donors (Lipinski definition) is 1. The van der Waals surface area contributed by atoms with Gasteiger partial charge in [-0.2, -0.15) is 0 Å².